The van der Waals surface area contributed by atoms with Gasteiger partial charge < -0.3 is 4.74 Å². The third-order valence-corrected chi connectivity index (χ3v) is 2.03. The van der Waals surface area contributed by atoms with Crippen LogP contribution < -0.4 is 4.74 Å². The van der Waals surface area contributed by atoms with Gasteiger partial charge in [-0.3, -0.25) is 0 Å². The van der Waals surface area contributed by atoms with Gasteiger partial charge in [-0.1, -0.05) is 6.07 Å². The molecule has 0 amide bonds. The van der Waals surface area contributed by atoms with Crippen molar-refractivity contribution in [3.8, 4) is 5.75 Å². The maximum atomic E-state index is 12.0. The standard InChI is InChI=1S/C8H3F6OS/c9-7(10,11)15-5-3-1-2-4-6(5)16-8(12,13)14/h2-4H. The summed E-state index contributed by atoms with van der Waals surface area (Å²) in [4.78, 5) is -0.663. The second kappa shape index (κ2) is 4.44. The lowest BCUT2D eigenvalue weighted by molar-refractivity contribution is -0.275. The van der Waals surface area contributed by atoms with Crippen LogP contribution in [0.25, 0.3) is 0 Å². The van der Waals surface area contributed by atoms with Gasteiger partial charge in [0.25, 0.3) is 0 Å². The monoisotopic (exact) mass is 261 g/mol. The third-order valence-electron chi connectivity index (χ3n) is 1.24. The molecule has 0 unspecified atom stereocenters. The number of benzene rings is 1. The zero-order valence-corrected chi connectivity index (χ0v) is 8.13. The Morgan fingerprint density at radius 3 is 2.25 bits per heavy atom. The van der Waals surface area contributed by atoms with E-state index in [1.807, 2.05) is 0 Å². The van der Waals surface area contributed by atoms with Crippen LogP contribution in [0.5, 0.6) is 5.75 Å². The van der Waals surface area contributed by atoms with Gasteiger partial charge in [-0.25, -0.2) is 0 Å². The van der Waals surface area contributed by atoms with Crippen LogP contribution in [-0.2, 0) is 0 Å². The molecule has 89 valence electrons. The maximum Gasteiger partial charge on any atom is 0.573 e. The largest absolute Gasteiger partial charge is 0.573 e. The van der Waals surface area contributed by atoms with Gasteiger partial charge in [-0.05, 0) is 30.0 Å². The van der Waals surface area contributed by atoms with Crippen molar-refractivity contribution in [1.82, 2.24) is 0 Å². The molecular formula is C8H3F6OS. The lowest BCUT2D eigenvalue weighted by Crippen LogP contribution is -2.17. The molecular weight excluding hydrogens is 258 g/mol. The number of hydrogen-bond acceptors (Lipinski definition) is 2. The van der Waals surface area contributed by atoms with E-state index in [0.717, 1.165) is 12.1 Å². The Bertz CT molecular complexity index is 323. The van der Waals surface area contributed by atoms with Crippen LogP contribution in [0.1, 0.15) is 0 Å². The molecule has 1 aromatic rings. The molecule has 0 aromatic heterocycles. The number of ether oxygens (including phenoxy) is 1. The summed E-state index contributed by atoms with van der Waals surface area (Å²) in [7, 11) is 0. The van der Waals surface area contributed by atoms with Crippen molar-refractivity contribution >= 4 is 11.8 Å². The molecule has 8 heteroatoms. The Morgan fingerprint density at radius 2 is 1.75 bits per heavy atom. The molecule has 0 atom stereocenters. The zero-order chi connectivity index (χ0) is 12.4. The number of halogens is 6. The third kappa shape index (κ3) is 4.65. The molecule has 0 bridgehead atoms. The first-order chi connectivity index (χ1) is 7.17. The van der Waals surface area contributed by atoms with Crippen LogP contribution in [0.4, 0.5) is 26.3 Å². The second-order valence-electron chi connectivity index (χ2n) is 2.47. The molecule has 1 radical (unpaired) electrons. The molecule has 1 rings (SSSR count). The highest BCUT2D eigenvalue weighted by Gasteiger charge is 2.35. The summed E-state index contributed by atoms with van der Waals surface area (Å²) in [6, 6.07) is 4.81. The summed E-state index contributed by atoms with van der Waals surface area (Å²) in [5, 5.41) is 0. The van der Waals surface area contributed by atoms with E-state index >= 15 is 0 Å². The van der Waals surface area contributed by atoms with E-state index in [1.54, 1.807) is 0 Å². The van der Waals surface area contributed by atoms with Crippen molar-refractivity contribution in [3.05, 3.63) is 24.3 Å². The number of alkyl halides is 6. The van der Waals surface area contributed by atoms with E-state index < -0.39 is 34.3 Å². The highest BCUT2D eigenvalue weighted by atomic mass is 32.2. The topological polar surface area (TPSA) is 9.23 Å². The normalized spacial score (nSPS) is 12.6. The van der Waals surface area contributed by atoms with E-state index in [9.17, 15) is 26.3 Å². The van der Waals surface area contributed by atoms with E-state index in [1.165, 1.54) is 0 Å². The van der Waals surface area contributed by atoms with E-state index in [4.69, 9.17) is 0 Å². The van der Waals surface area contributed by atoms with E-state index in [2.05, 4.69) is 10.8 Å². The fourth-order valence-electron chi connectivity index (χ4n) is 0.814. The molecule has 1 nitrogen and oxygen atoms in total. The van der Waals surface area contributed by atoms with Crippen molar-refractivity contribution in [1.29, 1.82) is 0 Å². The van der Waals surface area contributed by atoms with Gasteiger partial charge in [0.05, 0.1) is 4.90 Å². The highest BCUT2D eigenvalue weighted by Crippen LogP contribution is 2.42. The van der Waals surface area contributed by atoms with Gasteiger partial charge in [0.1, 0.15) is 5.75 Å². The first-order valence-electron chi connectivity index (χ1n) is 3.69. The first-order valence-corrected chi connectivity index (χ1v) is 4.50. The molecule has 16 heavy (non-hydrogen) atoms. The van der Waals surface area contributed by atoms with Crippen molar-refractivity contribution in [2.24, 2.45) is 0 Å². The van der Waals surface area contributed by atoms with Crippen LogP contribution in [0.3, 0.4) is 0 Å². The quantitative estimate of drug-likeness (QED) is 0.588. The fraction of sp³-hybridized carbons (Fsp3) is 0.250. The summed E-state index contributed by atoms with van der Waals surface area (Å²) in [6.07, 6.45) is -5.03. The molecule has 0 aliphatic heterocycles. The van der Waals surface area contributed by atoms with Crippen molar-refractivity contribution in [3.63, 3.8) is 0 Å². The van der Waals surface area contributed by atoms with E-state index in [-0.39, 0.29) is 0 Å². The predicted octanol–water partition coefficient (Wildman–Crippen LogP) is 4.00. The summed E-state index contributed by atoms with van der Waals surface area (Å²) in [5.74, 6) is -0.919. The Labute approximate surface area is 90.4 Å². The average Bonchev–Trinajstić information content (AvgIpc) is 2.03. The van der Waals surface area contributed by atoms with Crippen molar-refractivity contribution in [2.75, 3.05) is 0 Å². The smallest absolute Gasteiger partial charge is 0.405 e. The van der Waals surface area contributed by atoms with Gasteiger partial charge >= 0.3 is 11.9 Å². The van der Waals surface area contributed by atoms with Crippen molar-refractivity contribution in [2.45, 2.75) is 16.8 Å². The molecule has 0 fully saturated rings. The fourth-order valence-corrected chi connectivity index (χ4v) is 1.40. The lowest BCUT2D eigenvalue weighted by atomic mass is 10.3. The molecule has 0 N–H and O–H groups in total. The minimum Gasteiger partial charge on any atom is -0.405 e. The molecule has 0 heterocycles. The maximum absolute atomic E-state index is 12.0. The molecule has 0 aliphatic carbocycles. The van der Waals surface area contributed by atoms with Crippen LogP contribution in [-0.4, -0.2) is 11.9 Å². The van der Waals surface area contributed by atoms with Crippen molar-refractivity contribution < 1.29 is 31.1 Å². The summed E-state index contributed by atoms with van der Waals surface area (Å²) < 4.78 is 74.8. The summed E-state index contributed by atoms with van der Waals surface area (Å²) in [5.41, 5.74) is -4.68. The Kier molecular flexibility index (Phi) is 3.61. The van der Waals surface area contributed by atoms with Gasteiger partial charge in [-0.15, -0.1) is 13.2 Å². The Morgan fingerprint density at radius 1 is 1.12 bits per heavy atom. The molecule has 0 spiro atoms. The van der Waals surface area contributed by atoms with Crippen LogP contribution in [0, 0.1) is 6.07 Å². The zero-order valence-electron chi connectivity index (χ0n) is 7.32. The SMILES string of the molecule is FC(F)(F)Oc1c[c]ccc1SC(F)(F)F. The second-order valence-corrected chi connectivity index (χ2v) is 3.58. The van der Waals surface area contributed by atoms with Gasteiger partial charge in [-0.2, -0.15) is 13.2 Å². The predicted molar refractivity (Wildman–Crippen MR) is 43.9 cm³/mol. The number of hydrogen-bond donors (Lipinski definition) is 0. The average molecular weight is 261 g/mol. The highest BCUT2D eigenvalue weighted by molar-refractivity contribution is 8.00. The lowest BCUT2D eigenvalue weighted by Gasteiger charge is -2.13. The number of thioether (sulfide) groups is 1. The van der Waals surface area contributed by atoms with E-state index in [0.29, 0.717) is 6.07 Å². The molecule has 1 aromatic carbocycles. The van der Waals surface area contributed by atoms with Crippen LogP contribution in [0.15, 0.2) is 23.1 Å². The van der Waals surface area contributed by atoms with Gasteiger partial charge in [0, 0.05) is 0 Å². The molecule has 0 saturated carbocycles. The number of rotatable bonds is 2. The Hall–Kier alpha value is -1.05. The Balaban J connectivity index is 2.92. The minimum atomic E-state index is -5.03. The molecule has 0 aliphatic rings. The van der Waals surface area contributed by atoms with Gasteiger partial charge in [0.2, 0.25) is 0 Å². The summed E-state index contributed by atoms with van der Waals surface area (Å²) in [6.45, 7) is 0. The van der Waals surface area contributed by atoms with Crippen LogP contribution >= 0.6 is 11.8 Å². The summed E-state index contributed by atoms with van der Waals surface area (Å²) >= 11 is -0.677. The first kappa shape index (κ1) is 13.0. The van der Waals surface area contributed by atoms with Gasteiger partial charge in [0.15, 0.2) is 0 Å². The van der Waals surface area contributed by atoms with Crippen LogP contribution in [0.2, 0.25) is 0 Å². The minimum absolute atomic E-state index is 0.663. The molecule has 0 saturated heterocycles.